The minimum absolute atomic E-state index is 0.248. The van der Waals surface area contributed by atoms with E-state index in [2.05, 4.69) is 10.6 Å². The maximum atomic E-state index is 12.4. The SMILES string of the molecule is CC(Oc1ccccc1Cl)C(=O)Nc1ccc(NC=C2C(=O)OC(C)(C)OC2=O)cc1. The number of rotatable bonds is 6. The van der Waals surface area contributed by atoms with Crippen molar-refractivity contribution in [2.24, 2.45) is 0 Å². The van der Waals surface area contributed by atoms with Crippen molar-refractivity contribution in [3.05, 3.63) is 65.3 Å². The standard InChI is InChI=1S/C22H21ClN2O6/c1-13(29-18-7-5-4-6-17(18)23)19(26)25-15-10-8-14(9-11-15)24-12-16-20(27)30-22(2,3)31-21(16)28/h4-13,24H,1-3H3,(H,25,26). The van der Waals surface area contributed by atoms with Crippen LogP contribution in [0.3, 0.4) is 0 Å². The first-order chi connectivity index (χ1) is 14.6. The van der Waals surface area contributed by atoms with Gasteiger partial charge >= 0.3 is 11.9 Å². The second-order valence-corrected chi connectivity index (χ2v) is 7.55. The molecule has 31 heavy (non-hydrogen) atoms. The number of benzene rings is 2. The first kappa shape index (κ1) is 22.2. The van der Waals surface area contributed by atoms with Gasteiger partial charge in [0, 0.05) is 31.4 Å². The van der Waals surface area contributed by atoms with E-state index in [0.29, 0.717) is 22.1 Å². The number of esters is 2. The number of ether oxygens (including phenoxy) is 3. The zero-order valence-corrected chi connectivity index (χ0v) is 17.9. The van der Waals surface area contributed by atoms with Gasteiger partial charge in [-0.25, -0.2) is 9.59 Å². The van der Waals surface area contributed by atoms with Gasteiger partial charge in [-0.05, 0) is 43.3 Å². The predicted molar refractivity (Wildman–Crippen MR) is 115 cm³/mol. The molecule has 0 spiro atoms. The number of halogens is 1. The average Bonchev–Trinajstić information content (AvgIpc) is 2.69. The van der Waals surface area contributed by atoms with Gasteiger partial charge in [-0.2, -0.15) is 0 Å². The fourth-order valence-corrected chi connectivity index (χ4v) is 2.79. The number of hydrogen-bond donors (Lipinski definition) is 2. The average molecular weight is 445 g/mol. The van der Waals surface area contributed by atoms with Crippen LogP contribution in [0.1, 0.15) is 20.8 Å². The summed E-state index contributed by atoms with van der Waals surface area (Å²) in [5.41, 5.74) is 0.870. The van der Waals surface area contributed by atoms with Gasteiger partial charge in [0.1, 0.15) is 5.75 Å². The summed E-state index contributed by atoms with van der Waals surface area (Å²) >= 11 is 6.04. The van der Waals surface area contributed by atoms with Crippen LogP contribution in [-0.4, -0.2) is 29.7 Å². The van der Waals surface area contributed by atoms with Crippen molar-refractivity contribution in [2.45, 2.75) is 32.7 Å². The first-order valence-electron chi connectivity index (χ1n) is 9.40. The molecule has 1 saturated heterocycles. The van der Waals surface area contributed by atoms with Crippen LogP contribution < -0.4 is 15.4 Å². The van der Waals surface area contributed by atoms with Gasteiger partial charge in [0.05, 0.1) is 5.02 Å². The summed E-state index contributed by atoms with van der Waals surface area (Å²) < 4.78 is 15.6. The fourth-order valence-electron chi connectivity index (χ4n) is 2.61. The maximum absolute atomic E-state index is 12.4. The van der Waals surface area contributed by atoms with Crippen molar-refractivity contribution in [1.29, 1.82) is 0 Å². The van der Waals surface area contributed by atoms with Gasteiger partial charge in [-0.1, -0.05) is 23.7 Å². The number of para-hydroxylation sites is 1. The van der Waals surface area contributed by atoms with E-state index in [1.807, 2.05) is 0 Å². The van der Waals surface area contributed by atoms with E-state index in [9.17, 15) is 14.4 Å². The Morgan fingerprint density at radius 1 is 1.03 bits per heavy atom. The Hall–Kier alpha value is -3.52. The van der Waals surface area contributed by atoms with Crippen molar-refractivity contribution < 1.29 is 28.6 Å². The number of carbonyl (C=O) groups is 3. The highest BCUT2D eigenvalue weighted by Crippen LogP contribution is 2.25. The van der Waals surface area contributed by atoms with E-state index in [4.69, 9.17) is 25.8 Å². The van der Waals surface area contributed by atoms with Gasteiger partial charge < -0.3 is 24.8 Å². The molecule has 1 aliphatic rings. The molecule has 1 fully saturated rings. The molecule has 1 unspecified atom stereocenters. The minimum Gasteiger partial charge on any atom is -0.479 e. The molecule has 3 rings (SSSR count). The van der Waals surface area contributed by atoms with Crippen molar-refractivity contribution in [2.75, 3.05) is 10.6 Å². The smallest absolute Gasteiger partial charge is 0.350 e. The third kappa shape index (κ3) is 5.76. The zero-order valence-electron chi connectivity index (χ0n) is 17.1. The Morgan fingerprint density at radius 3 is 2.23 bits per heavy atom. The van der Waals surface area contributed by atoms with Crippen molar-refractivity contribution >= 4 is 40.8 Å². The molecule has 9 heteroatoms. The lowest BCUT2D eigenvalue weighted by atomic mass is 10.2. The Balaban J connectivity index is 1.58. The first-order valence-corrected chi connectivity index (χ1v) is 9.78. The summed E-state index contributed by atoms with van der Waals surface area (Å²) in [5, 5.41) is 5.99. The topological polar surface area (TPSA) is 103 Å². The molecular weight excluding hydrogens is 424 g/mol. The number of hydrogen-bond acceptors (Lipinski definition) is 7. The van der Waals surface area contributed by atoms with Crippen molar-refractivity contribution in [3.8, 4) is 5.75 Å². The second kappa shape index (κ2) is 9.09. The molecule has 162 valence electrons. The molecule has 2 aromatic rings. The number of amides is 1. The molecule has 0 aliphatic carbocycles. The summed E-state index contributed by atoms with van der Waals surface area (Å²) in [7, 11) is 0. The van der Waals surface area contributed by atoms with E-state index in [1.165, 1.54) is 20.0 Å². The highest BCUT2D eigenvalue weighted by Gasteiger charge is 2.38. The Kier molecular flexibility index (Phi) is 6.50. The quantitative estimate of drug-likeness (QED) is 0.396. The van der Waals surface area contributed by atoms with Crippen LogP contribution >= 0.6 is 11.6 Å². The second-order valence-electron chi connectivity index (χ2n) is 7.14. The summed E-state index contributed by atoms with van der Waals surface area (Å²) in [5.74, 6) is -2.77. The Morgan fingerprint density at radius 2 is 1.61 bits per heavy atom. The Labute approximate surface area is 184 Å². The van der Waals surface area contributed by atoms with Crippen LogP contribution in [0.2, 0.25) is 5.02 Å². The lowest BCUT2D eigenvalue weighted by molar-refractivity contribution is -0.222. The molecule has 0 bridgehead atoms. The summed E-state index contributed by atoms with van der Waals surface area (Å²) in [6, 6.07) is 13.5. The van der Waals surface area contributed by atoms with Gasteiger partial charge in [0.15, 0.2) is 11.7 Å². The van der Waals surface area contributed by atoms with Crippen LogP contribution in [0.5, 0.6) is 5.75 Å². The largest absolute Gasteiger partial charge is 0.479 e. The fraction of sp³-hybridized carbons (Fsp3) is 0.227. The van der Waals surface area contributed by atoms with Crippen LogP contribution in [0, 0.1) is 0 Å². The molecule has 2 N–H and O–H groups in total. The third-order valence-corrected chi connectivity index (χ3v) is 4.47. The van der Waals surface area contributed by atoms with Crippen LogP contribution in [-0.2, 0) is 23.9 Å². The van der Waals surface area contributed by atoms with E-state index < -0.39 is 23.8 Å². The van der Waals surface area contributed by atoms with E-state index >= 15 is 0 Å². The maximum Gasteiger partial charge on any atom is 0.350 e. The molecule has 0 saturated carbocycles. The molecule has 0 aromatic heterocycles. The molecule has 1 aliphatic heterocycles. The van der Waals surface area contributed by atoms with E-state index in [0.717, 1.165) is 0 Å². The molecule has 1 heterocycles. The van der Waals surface area contributed by atoms with Gasteiger partial charge in [0.25, 0.3) is 11.7 Å². The summed E-state index contributed by atoms with van der Waals surface area (Å²) in [6.45, 7) is 4.56. The van der Waals surface area contributed by atoms with Crippen LogP contribution in [0.25, 0.3) is 0 Å². The predicted octanol–water partition coefficient (Wildman–Crippen LogP) is 3.88. The van der Waals surface area contributed by atoms with E-state index in [1.54, 1.807) is 55.5 Å². The normalized spacial score (nSPS) is 15.9. The summed E-state index contributed by atoms with van der Waals surface area (Å²) in [6.07, 6.45) is 0.447. The molecule has 8 nitrogen and oxygen atoms in total. The zero-order chi connectivity index (χ0) is 22.6. The number of anilines is 2. The van der Waals surface area contributed by atoms with Gasteiger partial charge in [-0.15, -0.1) is 0 Å². The Bertz CT molecular complexity index is 1010. The molecule has 1 atom stereocenters. The van der Waals surface area contributed by atoms with Crippen LogP contribution in [0.15, 0.2) is 60.3 Å². The monoisotopic (exact) mass is 444 g/mol. The van der Waals surface area contributed by atoms with Crippen LogP contribution in [0.4, 0.5) is 11.4 Å². The lowest BCUT2D eigenvalue weighted by Gasteiger charge is -2.29. The van der Waals surface area contributed by atoms with E-state index in [-0.39, 0.29) is 11.5 Å². The van der Waals surface area contributed by atoms with Gasteiger partial charge in [0.2, 0.25) is 0 Å². The molecule has 0 radical (unpaired) electrons. The lowest BCUT2D eigenvalue weighted by Crippen LogP contribution is -2.42. The third-order valence-electron chi connectivity index (χ3n) is 4.16. The minimum atomic E-state index is -1.29. The van der Waals surface area contributed by atoms with Gasteiger partial charge in [-0.3, -0.25) is 4.79 Å². The summed E-state index contributed by atoms with van der Waals surface area (Å²) in [4.78, 5) is 36.2. The number of cyclic esters (lactones) is 2. The van der Waals surface area contributed by atoms with Crippen molar-refractivity contribution in [1.82, 2.24) is 0 Å². The molecule has 2 aromatic carbocycles. The number of nitrogens with one attached hydrogen (secondary N) is 2. The highest BCUT2D eigenvalue weighted by atomic mass is 35.5. The van der Waals surface area contributed by atoms with Crippen molar-refractivity contribution in [3.63, 3.8) is 0 Å². The highest BCUT2D eigenvalue weighted by molar-refractivity contribution is 6.32. The molecule has 1 amide bonds. The number of carbonyl (C=O) groups excluding carboxylic acids is 3. The molecular formula is C22H21ClN2O6.